The number of anilines is 1. The monoisotopic (exact) mass is 501 g/mol. The number of nitrogens with one attached hydrogen (secondary N) is 1. The molecular weight excluding hydrogens is 462 g/mol. The van der Waals surface area contributed by atoms with Gasteiger partial charge in [-0.25, -0.2) is 8.42 Å². The van der Waals surface area contributed by atoms with Crippen LogP contribution in [0.15, 0.2) is 42.5 Å². The second kappa shape index (κ2) is 11.2. The molecule has 1 unspecified atom stereocenters. The van der Waals surface area contributed by atoms with Crippen molar-refractivity contribution < 1.29 is 18.0 Å². The van der Waals surface area contributed by atoms with Gasteiger partial charge in [0.25, 0.3) is 0 Å². The first-order valence-electron chi connectivity index (χ1n) is 11.8. The van der Waals surface area contributed by atoms with Gasteiger partial charge in [-0.1, -0.05) is 48.9 Å². The Morgan fingerprint density at radius 1 is 1.00 bits per heavy atom. The number of sulfonamides is 1. The van der Waals surface area contributed by atoms with Gasteiger partial charge in [0.2, 0.25) is 21.8 Å². The lowest BCUT2D eigenvalue weighted by Gasteiger charge is -2.34. The molecule has 0 radical (unpaired) electrons. The maximum atomic E-state index is 13.8. The first-order valence-corrected chi connectivity index (χ1v) is 13.7. The Hall–Kier alpha value is -2.87. The normalized spacial score (nSPS) is 12.7. The molecule has 0 fully saturated rings. The quantitative estimate of drug-likeness (QED) is 0.560. The minimum atomic E-state index is -3.76. The Labute approximate surface area is 210 Å². The number of carbonyl (C=O) groups is 2. The third-order valence-corrected chi connectivity index (χ3v) is 7.01. The van der Waals surface area contributed by atoms with Crippen LogP contribution in [0.1, 0.15) is 56.4 Å². The lowest BCUT2D eigenvalue weighted by atomic mass is 10.0. The molecule has 2 rings (SSSR count). The van der Waals surface area contributed by atoms with Gasteiger partial charge in [0.05, 0.1) is 11.9 Å². The van der Waals surface area contributed by atoms with Crippen LogP contribution >= 0.6 is 0 Å². The smallest absolute Gasteiger partial charge is 0.244 e. The van der Waals surface area contributed by atoms with Crippen LogP contribution in [-0.2, 0) is 26.2 Å². The van der Waals surface area contributed by atoms with Crippen molar-refractivity contribution in [3.8, 4) is 0 Å². The fourth-order valence-electron chi connectivity index (χ4n) is 3.86. The van der Waals surface area contributed by atoms with Gasteiger partial charge in [0.15, 0.2) is 0 Å². The predicted octanol–water partition coefficient (Wildman–Crippen LogP) is 4.10. The van der Waals surface area contributed by atoms with Gasteiger partial charge in [0, 0.05) is 12.1 Å². The molecule has 1 N–H and O–H groups in total. The third-order valence-electron chi connectivity index (χ3n) is 5.88. The Morgan fingerprint density at radius 2 is 1.60 bits per heavy atom. The molecular formula is C27H39N3O4S. The predicted molar refractivity (Wildman–Crippen MR) is 142 cm³/mol. The Balaban J connectivity index is 2.49. The van der Waals surface area contributed by atoms with Gasteiger partial charge in [-0.3, -0.25) is 13.9 Å². The first-order chi connectivity index (χ1) is 16.1. The van der Waals surface area contributed by atoms with E-state index in [0.717, 1.165) is 32.8 Å². The third kappa shape index (κ3) is 7.82. The number of hydrogen-bond donors (Lipinski definition) is 1. The molecule has 0 spiro atoms. The summed E-state index contributed by atoms with van der Waals surface area (Å²) in [6.45, 7) is 13.0. The van der Waals surface area contributed by atoms with Crippen LogP contribution in [0.4, 0.5) is 5.69 Å². The van der Waals surface area contributed by atoms with Crippen LogP contribution in [0.25, 0.3) is 0 Å². The van der Waals surface area contributed by atoms with Gasteiger partial charge in [-0.05, 0) is 70.7 Å². The number of benzene rings is 2. The van der Waals surface area contributed by atoms with E-state index in [0.29, 0.717) is 12.1 Å². The van der Waals surface area contributed by atoms with Gasteiger partial charge in [0.1, 0.15) is 12.6 Å². The zero-order valence-corrected chi connectivity index (χ0v) is 23.0. The average molecular weight is 502 g/mol. The summed E-state index contributed by atoms with van der Waals surface area (Å²) in [5.74, 6) is -0.703. The SMILES string of the molecule is CCC(C(=O)NC(C)(C)C)N(Cc1ccc(C)cc1)C(=O)CN(c1cccc(C)c1C)S(C)(=O)=O. The van der Waals surface area contributed by atoms with Crippen molar-refractivity contribution >= 4 is 27.5 Å². The summed E-state index contributed by atoms with van der Waals surface area (Å²) >= 11 is 0. The molecule has 192 valence electrons. The van der Waals surface area contributed by atoms with E-state index in [-0.39, 0.29) is 12.5 Å². The van der Waals surface area contributed by atoms with Crippen molar-refractivity contribution in [1.29, 1.82) is 0 Å². The van der Waals surface area contributed by atoms with Crippen LogP contribution in [0.5, 0.6) is 0 Å². The fraction of sp³-hybridized carbons (Fsp3) is 0.481. The highest BCUT2D eigenvalue weighted by molar-refractivity contribution is 7.92. The summed E-state index contributed by atoms with van der Waals surface area (Å²) in [6, 6.07) is 12.4. The Kier molecular flexibility index (Phi) is 9.11. The maximum absolute atomic E-state index is 13.8. The molecule has 0 saturated heterocycles. The lowest BCUT2D eigenvalue weighted by Crippen LogP contribution is -2.55. The van der Waals surface area contributed by atoms with Gasteiger partial charge in [-0.15, -0.1) is 0 Å². The summed E-state index contributed by atoms with van der Waals surface area (Å²) in [6.07, 6.45) is 1.48. The van der Waals surface area contributed by atoms with Crippen molar-refractivity contribution in [3.63, 3.8) is 0 Å². The van der Waals surface area contributed by atoms with E-state index in [1.54, 1.807) is 12.1 Å². The number of carbonyl (C=O) groups excluding carboxylic acids is 2. The largest absolute Gasteiger partial charge is 0.350 e. The number of amides is 2. The molecule has 0 aliphatic heterocycles. The number of aryl methyl sites for hydroxylation is 2. The maximum Gasteiger partial charge on any atom is 0.244 e. The zero-order chi connectivity index (χ0) is 26.6. The summed E-state index contributed by atoms with van der Waals surface area (Å²) in [5, 5.41) is 2.97. The molecule has 35 heavy (non-hydrogen) atoms. The fourth-order valence-corrected chi connectivity index (χ4v) is 4.76. The van der Waals surface area contributed by atoms with Crippen LogP contribution in [0.3, 0.4) is 0 Å². The average Bonchev–Trinajstić information content (AvgIpc) is 2.73. The molecule has 1 atom stereocenters. The van der Waals surface area contributed by atoms with E-state index >= 15 is 0 Å². The summed E-state index contributed by atoms with van der Waals surface area (Å²) in [4.78, 5) is 28.4. The second-order valence-corrected chi connectivity index (χ2v) is 12.1. The number of nitrogens with zero attached hydrogens (tertiary/aromatic N) is 2. The van der Waals surface area contributed by atoms with Crippen LogP contribution in [0, 0.1) is 20.8 Å². The molecule has 0 saturated carbocycles. The highest BCUT2D eigenvalue weighted by atomic mass is 32.2. The second-order valence-electron chi connectivity index (χ2n) is 10.2. The van der Waals surface area contributed by atoms with Crippen molar-refractivity contribution in [2.45, 2.75) is 73.0 Å². The highest BCUT2D eigenvalue weighted by Crippen LogP contribution is 2.25. The molecule has 0 heterocycles. The number of hydrogen-bond acceptors (Lipinski definition) is 4. The van der Waals surface area contributed by atoms with E-state index in [2.05, 4.69) is 5.32 Å². The van der Waals surface area contributed by atoms with Gasteiger partial charge in [-0.2, -0.15) is 0 Å². The minimum absolute atomic E-state index is 0.194. The van der Waals surface area contributed by atoms with Crippen molar-refractivity contribution in [3.05, 3.63) is 64.7 Å². The number of rotatable bonds is 9. The molecule has 2 aromatic rings. The summed E-state index contributed by atoms with van der Waals surface area (Å²) in [5.41, 5.74) is 3.65. The Bertz CT molecular complexity index is 1150. The van der Waals surface area contributed by atoms with Crippen LogP contribution in [-0.4, -0.2) is 49.5 Å². The molecule has 7 nitrogen and oxygen atoms in total. The summed E-state index contributed by atoms with van der Waals surface area (Å²) < 4.78 is 26.7. The molecule has 0 aliphatic rings. The summed E-state index contributed by atoms with van der Waals surface area (Å²) in [7, 11) is -3.76. The zero-order valence-electron chi connectivity index (χ0n) is 22.2. The molecule has 2 aromatic carbocycles. The molecule has 2 amide bonds. The lowest BCUT2D eigenvalue weighted by molar-refractivity contribution is -0.141. The van der Waals surface area contributed by atoms with Crippen LogP contribution < -0.4 is 9.62 Å². The van der Waals surface area contributed by atoms with Crippen molar-refractivity contribution in [2.75, 3.05) is 17.1 Å². The van der Waals surface area contributed by atoms with E-state index in [9.17, 15) is 18.0 Å². The van der Waals surface area contributed by atoms with Crippen molar-refractivity contribution in [1.82, 2.24) is 10.2 Å². The highest BCUT2D eigenvalue weighted by Gasteiger charge is 2.33. The van der Waals surface area contributed by atoms with E-state index in [4.69, 9.17) is 0 Å². The topological polar surface area (TPSA) is 86.8 Å². The molecule has 0 bridgehead atoms. The standard InChI is InChI=1S/C27H39N3O4S/c1-9-23(26(32)28-27(5,6)7)29(17-22-15-13-19(2)14-16-22)25(31)18-30(35(8,33)34)24-12-10-11-20(3)21(24)4/h10-16,23H,9,17-18H2,1-8H3,(H,28,32). The first kappa shape index (κ1) is 28.4. The van der Waals surface area contributed by atoms with E-state index in [1.807, 2.05) is 78.8 Å². The van der Waals surface area contributed by atoms with E-state index < -0.39 is 34.1 Å². The molecule has 0 aromatic heterocycles. The minimum Gasteiger partial charge on any atom is -0.350 e. The van der Waals surface area contributed by atoms with Gasteiger partial charge < -0.3 is 10.2 Å². The molecule has 0 aliphatic carbocycles. The van der Waals surface area contributed by atoms with Crippen molar-refractivity contribution in [2.24, 2.45) is 0 Å². The Morgan fingerprint density at radius 3 is 2.11 bits per heavy atom. The van der Waals surface area contributed by atoms with Crippen LogP contribution in [0.2, 0.25) is 0 Å². The molecule has 8 heteroatoms. The van der Waals surface area contributed by atoms with Gasteiger partial charge >= 0.3 is 0 Å². The van der Waals surface area contributed by atoms with E-state index in [1.165, 1.54) is 4.90 Å².